The minimum Gasteiger partial charge on any atom is -0.455 e. The highest BCUT2D eigenvalue weighted by molar-refractivity contribution is 7.89. The normalized spacial score (nSPS) is 12.7. The highest BCUT2D eigenvalue weighted by atomic mass is 32.2. The fourth-order valence-corrected chi connectivity index (χ4v) is 2.83. The fraction of sp³-hybridized carbons (Fsp3) is 0.529. The first-order valence-electron chi connectivity index (χ1n) is 8.05. The second-order valence-corrected chi connectivity index (χ2v) is 8.10. The number of aryl methyl sites for hydroxylation is 2. The maximum atomic E-state index is 12.2. The second kappa shape index (κ2) is 8.96. The molecule has 1 atom stereocenters. The molecule has 0 spiro atoms. The van der Waals surface area contributed by atoms with Gasteiger partial charge >= 0.3 is 5.97 Å². The van der Waals surface area contributed by atoms with Crippen LogP contribution in [0.3, 0.4) is 0 Å². The van der Waals surface area contributed by atoms with Crippen molar-refractivity contribution in [1.82, 2.24) is 10.0 Å². The minimum atomic E-state index is -3.81. The summed E-state index contributed by atoms with van der Waals surface area (Å²) in [6.45, 7) is 8.46. The lowest BCUT2D eigenvalue weighted by atomic mass is 10.1. The van der Waals surface area contributed by atoms with Crippen LogP contribution in [0.5, 0.6) is 0 Å². The zero-order chi connectivity index (χ0) is 19.2. The van der Waals surface area contributed by atoms with Crippen molar-refractivity contribution in [2.45, 2.75) is 45.6 Å². The summed E-state index contributed by atoms with van der Waals surface area (Å²) in [6, 6.07) is 4.65. The van der Waals surface area contributed by atoms with Gasteiger partial charge in [-0.3, -0.25) is 9.59 Å². The van der Waals surface area contributed by atoms with Crippen molar-refractivity contribution in [3.05, 3.63) is 29.3 Å². The van der Waals surface area contributed by atoms with Crippen LogP contribution in [-0.4, -0.2) is 39.5 Å². The molecule has 1 aromatic carbocycles. The molecule has 1 amide bonds. The number of hydrogen-bond donors (Lipinski definition) is 2. The van der Waals surface area contributed by atoms with Crippen LogP contribution in [0.2, 0.25) is 0 Å². The molecule has 2 N–H and O–H groups in total. The molecule has 0 bridgehead atoms. The van der Waals surface area contributed by atoms with Gasteiger partial charge in [0.1, 0.15) is 6.54 Å². The van der Waals surface area contributed by atoms with Gasteiger partial charge in [-0.05, 0) is 49.9 Å². The predicted molar refractivity (Wildman–Crippen MR) is 94.5 cm³/mol. The molecule has 25 heavy (non-hydrogen) atoms. The van der Waals surface area contributed by atoms with Crippen LogP contribution in [0.25, 0.3) is 0 Å². The maximum absolute atomic E-state index is 12.2. The summed E-state index contributed by atoms with van der Waals surface area (Å²) in [4.78, 5) is 23.3. The Morgan fingerprint density at radius 1 is 1.12 bits per heavy atom. The second-order valence-electron chi connectivity index (χ2n) is 6.33. The zero-order valence-corrected chi connectivity index (χ0v) is 16.1. The molecule has 7 nitrogen and oxygen atoms in total. The number of nitrogens with one attached hydrogen (secondary N) is 2. The van der Waals surface area contributed by atoms with Crippen LogP contribution in [0.4, 0.5) is 0 Å². The van der Waals surface area contributed by atoms with E-state index >= 15 is 0 Å². The number of sulfonamides is 1. The van der Waals surface area contributed by atoms with Crippen molar-refractivity contribution in [1.29, 1.82) is 0 Å². The molecule has 0 saturated carbocycles. The van der Waals surface area contributed by atoms with Gasteiger partial charge < -0.3 is 10.1 Å². The van der Waals surface area contributed by atoms with Gasteiger partial charge in [-0.25, -0.2) is 8.42 Å². The number of amides is 1. The molecule has 0 radical (unpaired) electrons. The van der Waals surface area contributed by atoms with E-state index in [1.807, 2.05) is 27.7 Å². The van der Waals surface area contributed by atoms with Crippen LogP contribution < -0.4 is 10.0 Å². The topological polar surface area (TPSA) is 102 Å². The van der Waals surface area contributed by atoms with E-state index in [4.69, 9.17) is 4.74 Å². The molecule has 0 aromatic heterocycles. The third-order valence-corrected chi connectivity index (χ3v) is 5.35. The average molecular weight is 370 g/mol. The first-order chi connectivity index (χ1) is 11.5. The maximum Gasteiger partial charge on any atom is 0.321 e. The number of benzene rings is 1. The number of ether oxygens (including phenoxy) is 1. The SMILES string of the molecule is Cc1ccc(S(=O)(=O)NCC(=O)OCC(=O)N[C@@H](C)C(C)C)cc1C. The van der Waals surface area contributed by atoms with Crippen LogP contribution in [-0.2, 0) is 24.3 Å². The van der Waals surface area contributed by atoms with E-state index < -0.39 is 35.1 Å². The Balaban J connectivity index is 2.50. The molecule has 1 rings (SSSR count). The van der Waals surface area contributed by atoms with Gasteiger partial charge in [0.2, 0.25) is 10.0 Å². The van der Waals surface area contributed by atoms with Crippen molar-refractivity contribution < 1.29 is 22.7 Å². The molecule has 0 fully saturated rings. The summed E-state index contributed by atoms with van der Waals surface area (Å²) in [5.74, 6) is -0.990. The number of hydrogen-bond acceptors (Lipinski definition) is 5. The zero-order valence-electron chi connectivity index (χ0n) is 15.3. The van der Waals surface area contributed by atoms with E-state index in [1.165, 1.54) is 12.1 Å². The van der Waals surface area contributed by atoms with Crippen LogP contribution in [0, 0.1) is 19.8 Å². The third-order valence-electron chi connectivity index (χ3n) is 3.95. The molecule has 1 aromatic rings. The molecule has 0 unspecified atom stereocenters. The molecule has 0 heterocycles. The molecule has 8 heteroatoms. The highest BCUT2D eigenvalue weighted by Gasteiger charge is 2.18. The standard InChI is InChI=1S/C17H26N2O5S/c1-11(2)14(5)19-16(20)10-24-17(21)9-18-25(22,23)15-7-6-12(3)13(4)8-15/h6-8,11,14,18H,9-10H2,1-5H3,(H,19,20)/t14-/m0/s1. The Hall–Kier alpha value is -1.93. The van der Waals surface area contributed by atoms with E-state index in [-0.39, 0.29) is 16.9 Å². The summed E-state index contributed by atoms with van der Waals surface area (Å²) in [5, 5.41) is 2.69. The number of carbonyl (C=O) groups excluding carboxylic acids is 2. The Morgan fingerprint density at radius 2 is 1.76 bits per heavy atom. The molecule has 0 aliphatic carbocycles. The van der Waals surface area contributed by atoms with Crippen LogP contribution in [0.1, 0.15) is 31.9 Å². The van der Waals surface area contributed by atoms with E-state index in [2.05, 4.69) is 10.0 Å². The molecule has 0 saturated heterocycles. The fourth-order valence-electron chi connectivity index (χ4n) is 1.78. The molecule has 140 valence electrons. The van der Waals surface area contributed by atoms with Crippen molar-refractivity contribution >= 4 is 21.9 Å². The van der Waals surface area contributed by atoms with E-state index in [9.17, 15) is 18.0 Å². The number of rotatable bonds is 8. The Kier molecular flexibility index (Phi) is 7.57. The number of carbonyl (C=O) groups is 2. The van der Waals surface area contributed by atoms with Crippen LogP contribution in [0.15, 0.2) is 23.1 Å². The Labute approximate surface area is 149 Å². The van der Waals surface area contributed by atoms with Crippen molar-refractivity contribution in [3.63, 3.8) is 0 Å². The van der Waals surface area contributed by atoms with Gasteiger partial charge in [-0.15, -0.1) is 0 Å². The molecular weight excluding hydrogens is 344 g/mol. The van der Waals surface area contributed by atoms with Gasteiger partial charge in [-0.1, -0.05) is 19.9 Å². The quantitative estimate of drug-likeness (QED) is 0.672. The van der Waals surface area contributed by atoms with Crippen molar-refractivity contribution in [2.75, 3.05) is 13.2 Å². The Morgan fingerprint density at radius 3 is 2.32 bits per heavy atom. The first kappa shape index (κ1) is 21.1. The van der Waals surface area contributed by atoms with E-state index in [0.29, 0.717) is 0 Å². The number of esters is 1. The Bertz CT molecular complexity index is 729. The van der Waals surface area contributed by atoms with Crippen LogP contribution >= 0.6 is 0 Å². The van der Waals surface area contributed by atoms with E-state index in [0.717, 1.165) is 11.1 Å². The summed E-state index contributed by atoms with van der Waals surface area (Å²) >= 11 is 0. The highest BCUT2D eigenvalue weighted by Crippen LogP contribution is 2.14. The van der Waals surface area contributed by atoms with E-state index in [1.54, 1.807) is 13.0 Å². The van der Waals surface area contributed by atoms with Gasteiger partial charge in [0.25, 0.3) is 5.91 Å². The third kappa shape index (κ3) is 6.83. The van der Waals surface area contributed by atoms with Gasteiger partial charge in [0, 0.05) is 6.04 Å². The average Bonchev–Trinajstić information content (AvgIpc) is 2.53. The lowest BCUT2D eigenvalue weighted by molar-refractivity contribution is -0.147. The first-order valence-corrected chi connectivity index (χ1v) is 9.53. The summed E-state index contributed by atoms with van der Waals surface area (Å²) in [6.07, 6.45) is 0. The predicted octanol–water partition coefficient (Wildman–Crippen LogP) is 1.29. The van der Waals surface area contributed by atoms with Crippen molar-refractivity contribution in [2.24, 2.45) is 5.92 Å². The lowest BCUT2D eigenvalue weighted by Crippen LogP contribution is -2.39. The molecule has 0 aliphatic rings. The summed E-state index contributed by atoms with van der Waals surface area (Å²) in [7, 11) is -3.81. The summed E-state index contributed by atoms with van der Waals surface area (Å²) < 4.78 is 31.3. The smallest absolute Gasteiger partial charge is 0.321 e. The van der Waals surface area contributed by atoms with Gasteiger partial charge in [0.15, 0.2) is 6.61 Å². The van der Waals surface area contributed by atoms with Gasteiger partial charge in [0.05, 0.1) is 4.90 Å². The lowest BCUT2D eigenvalue weighted by Gasteiger charge is -2.17. The monoisotopic (exact) mass is 370 g/mol. The largest absolute Gasteiger partial charge is 0.455 e. The van der Waals surface area contributed by atoms with Gasteiger partial charge in [-0.2, -0.15) is 4.72 Å². The minimum absolute atomic E-state index is 0.0468. The molecule has 0 aliphatic heterocycles. The van der Waals surface area contributed by atoms with Crippen molar-refractivity contribution in [3.8, 4) is 0 Å². The summed E-state index contributed by atoms with van der Waals surface area (Å²) in [5.41, 5.74) is 1.81. The molecular formula is C17H26N2O5S.